The summed E-state index contributed by atoms with van der Waals surface area (Å²) in [5.74, 6) is -0.674. The second-order valence-electron chi connectivity index (χ2n) is 7.76. The lowest BCUT2D eigenvalue weighted by Gasteiger charge is -2.27. The van der Waals surface area contributed by atoms with E-state index in [1.807, 2.05) is 37.1 Å². The van der Waals surface area contributed by atoms with E-state index in [9.17, 15) is 14.4 Å². The molecule has 0 bridgehead atoms. The smallest absolute Gasteiger partial charge is 0.305 e. The number of hydrogen-bond donors (Lipinski definition) is 3. The normalized spacial score (nSPS) is 15.6. The van der Waals surface area contributed by atoms with Gasteiger partial charge in [-0.25, -0.2) is 4.99 Å². The third-order valence-corrected chi connectivity index (χ3v) is 5.64. The highest BCUT2D eigenvalue weighted by Gasteiger charge is 2.32. The molecule has 178 valence electrons. The van der Waals surface area contributed by atoms with Crippen molar-refractivity contribution in [3.63, 3.8) is 0 Å². The molecule has 0 aliphatic carbocycles. The number of aryl methyl sites for hydroxylation is 1. The number of ether oxygens (including phenoxy) is 1. The van der Waals surface area contributed by atoms with Gasteiger partial charge in [0.1, 0.15) is 24.7 Å². The van der Waals surface area contributed by atoms with Gasteiger partial charge in [0.2, 0.25) is 12.3 Å². The van der Waals surface area contributed by atoms with Gasteiger partial charge in [0.15, 0.2) is 0 Å². The number of amidine groups is 1. The van der Waals surface area contributed by atoms with Gasteiger partial charge < -0.3 is 35.6 Å². The molecule has 0 atom stereocenters. The molecule has 2 amide bonds. The fourth-order valence-corrected chi connectivity index (χ4v) is 3.78. The third kappa shape index (κ3) is 5.54. The minimum absolute atomic E-state index is 0.0895. The molecule has 0 spiro atoms. The van der Waals surface area contributed by atoms with Crippen molar-refractivity contribution in [3.8, 4) is 0 Å². The van der Waals surface area contributed by atoms with Crippen molar-refractivity contribution in [2.24, 2.45) is 10.7 Å². The lowest BCUT2D eigenvalue weighted by Crippen LogP contribution is -2.39. The van der Waals surface area contributed by atoms with E-state index in [0.29, 0.717) is 38.5 Å². The molecular formula is C22H30N6O5. The largest absolute Gasteiger partial charge is 0.481 e. The SMILES string of the molecule is CCc1cc(N2CCOC3=C(C2=O)C(N)=NCN3)ccc1N(C)CCN(C=O)CCC(=O)O. The fourth-order valence-electron chi connectivity index (χ4n) is 3.78. The number of carboxylic acid groups (broad SMARTS) is 1. The molecule has 0 aromatic heterocycles. The molecule has 3 rings (SSSR count). The molecule has 2 aliphatic rings. The fraction of sp³-hybridized carbons (Fsp3) is 0.455. The van der Waals surface area contributed by atoms with Gasteiger partial charge in [0, 0.05) is 38.1 Å². The number of carbonyl (C=O) groups excluding carboxylic acids is 2. The number of amides is 2. The Morgan fingerprint density at radius 3 is 2.85 bits per heavy atom. The van der Waals surface area contributed by atoms with Crippen molar-refractivity contribution >= 4 is 35.5 Å². The molecular weight excluding hydrogens is 428 g/mol. The Kier molecular flexibility index (Phi) is 7.75. The standard InChI is InChI=1S/C22H30N6O5/c1-3-15-12-16(28-10-11-33-21-19(22(28)32)20(23)24-13-25-21)4-5-17(15)26(2)8-9-27(14-29)7-6-18(30)31/h4-5,12,14,25H,3,6-11,13H2,1-2H3,(H2,23,24)(H,30,31). The Labute approximate surface area is 192 Å². The van der Waals surface area contributed by atoms with Gasteiger partial charge >= 0.3 is 5.97 Å². The molecule has 0 saturated carbocycles. The van der Waals surface area contributed by atoms with Crippen molar-refractivity contribution in [2.45, 2.75) is 19.8 Å². The summed E-state index contributed by atoms with van der Waals surface area (Å²) in [4.78, 5) is 44.4. The summed E-state index contributed by atoms with van der Waals surface area (Å²) >= 11 is 0. The molecule has 1 aromatic carbocycles. The van der Waals surface area contributed by atoms with Crippen LogP contribution in [0, 0.1) is 0 Å². The summed E-state index contributed by atoms with van der Waals surface area (Å²) in [5.41, 5.74) is 8.97. The van der Waals surface area contributed by atoms with Gasteiger partial charge in [0.05, 0.1) is 13.0 Å². The van der Waals surface area contributed by atoms with Crippen LogP contribution in [-0.2, 0) is 25.5 Å². The number of hydrogen-bond acceptors (Lipinski definition) is 8. The van der Waals surface area contributed by atoms with Crippen molar-refractivity contribution in [1.82, 2.24) is 10.2 Å². The lowest BCUT2D eigenvalue weighted by molar-refractivity contribution is -0.137. The Bertz CT molecular complexity index is 976. The van der Waals surface area contributed by atoms with Crippen LogP contribution in [0.4, 0.5) is 11.4 Å². The van der Waals surface area contributed by atoms with Gasteiger partial charge in [-0.2, -0.15) is 0 Å². The molecule has 2 heterocycles. The van der Waals surface area contributed by atoms with Gasteiger partial charge in [-0.15, -0.1) is 0 Å². The van der Waals surface area contributed by atoms with Crippen LogP contribution in [-0.4, -0.2) is 80.6 Å². The van der Waals surface area contributed by atoms with Crippen LogP contribution in [0.1, 0.15) is 18.9 Å². The van der Waals surface area contributed by atoms with Crippen LogP contribution in [0.5, 0.6) is 0 Å². The van der Waals surface area contributed by atoms with Crippen LogP contribution in [0.15, 0.2) is 34.6 Å². The number of carbonyl (C=O) groups is 3. The van der Waals surface area contributed by atoms with Crippen molar-refractivity contribution < 1.29 is 24.2 Å². The molecule has 4 N–H and O–H groups in total. The second-order valence-corrected chi connectivity index (χ2v) is 7.76. The Morgan fingerprint density at radius 1 is 1.36 bits per heavy atom. The van der Waals surface area contributed by atoms with E-state index in [1.54, 1.807) is 4.90 Å². The number of nitrogens with zero attached hydrogens (tertiary/aromatic N) is 4. The monoisotopic (exact) mass is 458 g/mol. The number of benzene rings is 1. The first-order valence-electron chi connectivity index (χ1n) is 10.8. The highest BCUT2D eigenvalue weighted by Crippen LogP contribution is 2.28. The Morgan fingerprint density at radius 2 is 2.15 bits per heavy atom. The number of anilines is 2. The predicted molar refractivity (Wildman–Crippen MR) is 124 cm³/mol. The summed E-state index contributed by atoms with van der Waals surface area (Å²) in [5, 5.41) is 11.8. The number of likely N-dealkylation sites (N-methyl/N-ethyl adjacent to an activating group) is 1. The van der Waals surface area contributed by atoms with E-state index in [4.69, 9.17) is 15.6 Å². The van der Waals surface area contributed by atoms with E-state index in [2.05, 4.69) is 10.3 Å². The van der Waals surface area contributed by atoms with E-state index in [-0.39, 0.29) is 37.0 Å². The summed E-state index contributed by atoms with van der Waals surface area (Å²) in [7, 11) is 1.92. The van der Waals surface area contributed by atoms with E-state index < -0.39 is 5.97 Å². The van der Waals surface area contributed by atoms with Crippen molar-refractivity contribution in [3.05, 3.63) is 35.2 Å². The molecule has 11 nitrogen and oxygen atoms in total. The minimum atomic E-state index is -0.938. The molecule has 33 heavy (non-hydrogen) atoms. The van der Waals surface area contributed by atoms with Gasteiger partial charge in [-0.3, -0.25) is 14.4 Å². The molecule has 0 radical (unpaired) electrons. The Hall–Kier alpha value is -3.76. The quantitative estimate of drug-likeness (QED) is 0.420. The molecule has 0 unspecified atom stereocenters. The maximum atomic E-state index is 13.2. The first kappa shape index (κ1) is 23.9. The molecule has 11 heteroatoms. The topological polar surface area (TPSA) is 141 Å². The predicted octanol–water partition coefficient (Wildman–Crippen LogP) is 0.111. The minimum Gasteiger partial charge on any atom is -0.481 e. The van der Waals surface area contributed by atoms with E-state index in [1.165, 1.54) is 4.90 Å². The van der Waals surface area contributed by atoms with Gasteiger partial charge in [-0.1, -0.05) is 6.92 Å². The number of rotatable bonds is 10. The lowest BCUT2D eigenvalue weighted by atomic mass is 10.1. The summed E-state index contributed by atoms with van der Waals surface area (Å²) in [6.07, 6.45) is 1.32. The Balaban J connectivity index is 1.76. The van der Waals surface area contributed by atoms with Gasteiger partial charge in [0.25, 0.3) is 5.91 Å². The maximum Gasteiger partial charge on any atom is 0.305 e. The molecule has 0 fully saturated rings. The van der Waals surface area contributed by atoms with Crippen LogP contribution in [0.25, 0.3) is 0 Å². The number of nitrogens with one attached hydrogen (secondary N) is 1. The zero-order valence-corrected chi connectivity index (χ0v) is 18.9. The number of carboxylic acids is 1. The highest BCUT2D eigenvalue weighted by molar-refractivity contribution is 6.25. The summed E-state index contributed by atoms with van der Waals surface area (Å²) < 4.78 is 5.68. The molecule has 1 aromatic rings. The number of nitrogens with two attached hydrogens (primary N) is 1. The van der Waals surface area contributed by atoms with Crippen LogP contribution in [0.2, 0.25) is 0 Å². The van der Waals surface area contributed by atoms with Crippen LogP contribution < -0.4 is 20.9 Å². The number of aliphatic imine (C=N–C) groups is 1. The average Bonchev–Trinajstić information content (AvgIpc) is 2.97. The van der Waals surface area contributed by atoms with Crippen molar-refractivity contribution in [2.75, 3.05) is 56.3 Å². The van der Waals surface area contributed by atoms with Gasteiger partial charge in [-0.05, 0) is 30.2 Å². The van der Waals surface area contributed by atoms with E-state index >= 15 is 0 Å². The molecule has 2 aliphatic heterocycles. The zero-order chi connectivity index (χ0) is 24.0. The average molecular weight is 459 g/mol. The van der Waals surface area contributed by atoms with Crippen LogP contribution >= 0.6 is 0 Å². The second kappa shape index (κ2) is 10.7. The number of aliphatic carboxylic acids is 1. The van der Waals surface area contributed by atoms with Crippen molar-refractivity contribution in [1.29, 1.82) is 0 Å². The van der Waals surface area contributed by atoms with E-state index in [0.717, 1.165) is 23.4 Å². The first-order valence-corrected chi connectivity index (χ1v) is 10.8. The highest BCUT2D eigenvalue weighted by atomic mass is 16.5. The first-order chi connectivity index (χ1) is 15.8. The zero-order valence-electron chi connectivity index (χ0n) is 18.9. The summed E-state index contributed by atoms with van der Waals surface area (Å²) in [6.45, 7) is 4.12. The molecule has 0 saturated heterocycles. The van der Waals surface area contributed by atoms with Crippen LogP contribution in [0.3, 0.4) is 0 Å². The third-order valence-electron chi connectivity index (χ3n) is 5.64. The summed E-state index contributed by atoms with van der Waals surface area (Å²) in [6, 6.07) is 5.79. The maximum absolute atomic E-state index is 13.2.